The minimum Gasteiger partial charge on any atom is -0.328 e. The van der Waals surface area contributed by atoms with Crippen LogP contribution in [0.15, 0.2) is 24.3 Å². The van der Waals surface area contributed by atoms with Crippen LogP contribution < -0.4 is 5.73 Å². The molecular formula is C12H15F2N. The summed E-state index contributed by atoms with van der Waals surface area (Å²) < 4.78 is 27.2. The number of alkyl halides is 1. The lowest BCUT2D eigenvalue weighted by Crippen LogP contribution is -2.36. The molecule has 1 nitrogen and oxygen atoms in total. The van der Waals surface area contributed by atoms with E-state index in [1.807, 2.05) is 0 Å². The summed E-state index contributed by atoms with van der Waals surface area (Å²) in [6.07, 6.45) is 2.52. The zero-order chi connectivity index (χ0) is 10.9. The Hall–Kier alpha value is -0.960. The van der Waals surface area contributed by atoms with Crippen molar-refractivity contribution >= 4 is 0 Å². The average molecular weight is 211 g/mol. The van der Waals surface area contributed by atoms with Crippen LogP contribution in [0.1, 0.15) is 31.2 Å². The van der Waals surface area contributed by atoms with E-state index in [0.717, 1.165) is 12.8 Å². The van der Waals surface area contributed by atoms with Crippen LogP contribution in [0, 0.1) is 5.82 Å². The van der Waals surface area contributed by atoms with Gasteiger partial charge in [0.05, 0.1) is 0 Å². The Kier molecular flexibility index (Phi) is 2.74. The minimum atomic E-state index is -1.36. The normalized spacial score (nSPS) is 31.5. The zero-order valence-electron chi connectivity index (χ0n) is 8.55. The van der Waals surface area contributed by atoms with Gasteiger partial charge in [0.15, 0.2) is 0 Å². The highest BCUT2D eigenvalue weighted by molar-refractivity contribution is 5.24. The van der Waals surface area contributed by atoms with E-state index in [2.05, 4.69) is 0 Å². The molecule has 0 saturated heterocycles. The molecule has 1 fully saturated rings. The molecule has 1 saturated carbocycles. The zero-order valence-corrected chi connectivity index (χ0v) is 8.55. The smallest absolute Gasteiger partial charge is 0.137 e. The lowest BCUT2D eigenvalue weighted by Gasteiger charge is -2.33. The Labute approximate surface area is 88.3 Å². The van der Waals surface area contributed by atoms with E-state index in [-0.39, 0.29) is 11.9 Å². The monoisotopic (exact) mass is 211 g/mol. The summed E-state index contributed by atoms with van der Waals surface area (Å²) in [7, 11) is 0. The van der Waals surface area contributed by atoms with Gasteiger partial charge < -0.3 is 5.73 Å². The Balaban J connectivity index is 2.24. The molecule has 1 aromatic carbocycles. The fraction of sp³-hybridized carbons (Fsp3) is 0.500. The third-order valence-electron chi connectivity index (χ3n) is 3.10. The van der Waals surface area contributed by atoms with E-state index in [9.17, 15) is 8.78 Å². The largest absolute Gasteiger partial charge is 0.328 e. The second kappa shape index (κ2) is 3.89. The van der Waals surface area contributed by atoms with Gasteiger partial charge in [0.1, 0.15) is 11.5 Å². The van der Waals surface area contributed by atoms with E-state index in [1.165, 1.54) is 24.3 Å². The third kappa shape index (κ3) is 2.17. The molecule has 2 unspecified atom stereocenters. The molecule has 1 aliphatic rings. The molecule has 0 heterocycles. The molecule has 1 aliphatic carbocycles. The van der Waals surface area contributed by atoms with Crippen LogP contribution in [0.3, 0.4) is 0 Å². The van der Waals surface area contributed by atoms with Crippen molar-refractivity contribution in [1.82, 2.24) is 0 Å². The molecule has 0 spiro atoms. The van der Waals surface area contributed by atoms with Crippen LogP contribution in [0.25, 0.3) is 0 Å². The summed E-state index contributed by atoms with van der Waals surface area (Å²) in [6.45, 7) is 0. The van der Waals surface area contributed by atoms with E-state index < -0.39 is 5.67 Å². The number of nitrogens with two attached hydrogens (primary N) is 1. The average Bonchev–Trinajstić information content (AvgIpc) is 2.18. The Morgan fingerprint density at radius 2 is 1.93 bits per heavy atom. The van der Waals surface area contributed by atoms with Crippen LogP contribution >= 0.6 is 0 Å². The highest BCUT2D eigenvalue weighted by Crippen LogP contribution is 2.40. The van der Waals surface area contributed by atoms with Crippen molar-refractivity contribution < 1.29 is 8.78 Å². The van der Waals surface area contributed by atoms with Gasteiger partial charge in [-0.25, -0.2) is 8.78 Å². The Morgan fingerprint density at radius 1 is 1.27 bits per heavy atom. The molecule has 3 heteroatoms. The number of hydrogen-bond donors (Lipinski definition) is 1. The second-order valence-corrected chi connectivity index (χ2v) is 4.33. The van der Waals surface area contributed by atoms with Gasteiger partial charge in [0.25, 0.3) is 0 Å². The molecular weight excluding hydrogens is 196 g/mol. The van der Waals surface area contributed by atoms with Crippen LogP contribution in [0.5, 0.6) is 0 Å². The molecule has 0 radical (unpaired) electrons. The molecule has 2 atom stereocenters. The van der Waals surface area contributed by atoms with Crippen LogP contribution in [0.4, 0.5) is 8.78 Å². The van der Waals surface area contributed by atoms with Crippen molar-refractivity contribution in [2.75, 3.05) is 0 Å². The van der Waals surface area contributed by atoms with Gasteiger partial charge in [-0.15, -0.1) is 0 Å². The van der Waals surface area contributed by atoms with E-state index in [1.54, 1.807) is 0 Å². The molecule has 0 aliphatic heterocycles. The fourth-order valence-corrected chi connectivity index (χ4v) is 2.27. The van der Waals surface area contributed by atoms with Crippen molar-refractivity contribution in [1.29, 1.82) is 0 Å². The van der Waals surface area contributed by atoms with Crippen molar-refractivity contribution in [3.63, 3.8) is 0 Å². The van der Waals surface area contributed by atoms with Crippen molar-refractivity contribution in [2.45, 2.75) is 37.4 Å². The Morgan fingerprint density at radius 3 is 2.53 bits per heavy atom. The Bertz CT molecular complexity index is 336. The molecule has 82 valence electrons. The quantitative estimate of drug-likeness (QED) is 0.759. The maximum atomic E-state index is 14.5. The second-order valence-electron chi connectivity index (χ2n) is 4.33. The van der Waals surface area contributed by atoms with Crippen LogP contribution in [-0.2, 0) is 5.67 Å². The van der Waals surface area contributed by atoms with Gasteiger partial charge in [-0.1, -0.05) is 12.1 Å². The molecule has 0 amide bonds. The standard InChI is InChI=1S/C12H15F2N/c13-10-5-3-9(4-6-10)12(14)7-1-2-11(15)8-12/h3-6,11H,1-2,7-8,15H2. The first-order valence-corrected chi connectivity index (χ1v) is 5.31. The first-order valence-electron chi connectivity index (χ1n) is 5.31. The van der Waals surface area contributed by atoms with Crippen molar-refractivity contribution in [3.8, 4) is 0 Å². The van der Waals surface area contributed by atoms with Gasteiger partial charge in [-0.3, -0.25) is 0 Å². The van der Waals surface area contributed by atoms with E-state index in [4.69, 9.17) is 5.73 Å². The first-order chi connectivity index (χ1) is 7.10. The summed E-state index contributed by atoms with van der Waals surface area (Å²) in [6, 6.07) is 5.57. The summed E-state index contributed by atoms with van der Waals surface area (Å²) >= 11 is 0. The minimum absolute atomic E-state index is 0.0752. The number of hydrogen-bond acceptors (Lipinski definition) is 1. The maximum Gasteiger partial charge on any atom is 0.137 e. The highest BCUT2D eigenvalue weighted by atomic mass is 19.1. The molecule has 2 rings (SSSR count). The van der Waals surface area contributed by atoms with Gasteiger partial charge in [0, 0.05) is 12.5 Å². The summed E-state index contributed by atoms with van der Waals surface area (Å²) in [4.78, 5) is 0. The number of halogens is 2. The topological polar surface area (TPSA) is 26.0 Å². The summed E-state index contributed by atoms with van der Waals surface area (Å²) in [5, 5.41) is 0. The molecule has 0 bridgehead atoms. The van der Waals surface area contributed by atoms with Crippen LogP contribution in [-0.4, -0.2) is 6.04 Å². The highest BCUT2D eigenvalue weighted by Gasteiger charge is 2.36. The van der Waals surface area contributed by atoms with E-state index in [0.29, 0.717) is 18.4 Å². The predicted molar refractivity (Wildman–Crippen MR) is 55.6 cm³/mol. The van der Waals surface area contributed by atoms with E-state index >= 15 is 0 Å². The molecule has 2 N–H and O–H groups in total. The molecule has 0 aromatic heterocycles. The van der Waals surface area contributed by atoms with Gasteiger partial charge in [0.2, 0.25) is 0 Å². The number of rotatable bonds is 1. The fourth-order valence-electron chi connectivity index (χ4n) is 2.27. The van der Waals surface area contributed by atoms with Gasteiger partial charge in [-0.2, -0.15) is 0 Å². The van der Waals surface area contributed by atoms with Gasteiger partial charge >= 0.3 is 0 Å². The SMILES string of the molecule is NC1CCCC(F)(c2ccc(F)cc2)C1. The maximum absolute atomic E-state index is 14.5. The lowest BCUT2D eigenvalue weighted by molar-refractivity contribution is 0.0947. The lowest BCUT2D eigenvalue weighted by atomic mass is 9.79. The predicted octanol–water partition coefficient (Wildman–Crippen LogP) is 2.89. The first kappa shape index (κ1) is 10.6. The third-order valence-corrected chi connectivity index (χ3v) is 3.10. The summed E-state index contributed by atoms with van der Waals surface area (Å²) in [5.74, 6) is -0.331. The molecule has 15 heavy (non-hydrogen) atoms. The van der Waals surface area contributed by atoms with Crippen molar-refractivity contribution in [3.05, 3.63) is 35.6 Å². The van der Waals surface area contributed by atoms with Crippen molar-refractivity contribution in [2.24, 2.45) is 5.73 Å². The molecule has 1 aromatic rings. The summed E-state index contributed by atoms with van der Waals surface area (Å²) in [5.41, 5.74) is 4.96. The number of benzene rings is 1. The van der Waals surface area contributed by atoms with Crippen LogP contribution in [0.2, 0.25) is 0 Å². The van der Waals surface area contributed by atoms with Gasteiger partial charge in [-0.05, 0) is 37.0 Å².